The highest BCUT2D eigenvalue weighted by atomic mass is 32.2. The van der Waals surface area contributed by atoms with E-state index in [0.29, 0.717) is 5.75 Å². The topological polar surface area (TPSA) is 72.5 Å². The number of nitrogens with one attached hydrogen (secondary N) is 1. The molecule has 122 valence electrons. The standard InChI is InChI=1S/C17H19NO4S/c1-12-5-4-6-16(13(12)2)18-17(19)11-22-14-7-9-15(10-8-14)23(3,20)21/h4-10H,11H2,1-3H3,(H,18,19). The number of hydrogen-bond donors (Lipinski definition) is 1. The summed E-state index contributed by atoms with van der Waals surface area (Å²) in [6, 6.07) is 11.7. The van der Waals surface area contributed by atoms with Crippen LogP contribution in [-0.2, 0) is 14.6 Å². The first-order chi connectivity index (χ1) is 10.8. The first-order valence-electron chi connectivity index (χ1n) is 7.06. The van der Waals surface area contributed by atoms with E-state index in [9.17, 15) is 13.2 Å². The van der Waals surface area contributed by atoms with Gasteiger partial charge in [-0.25, -0.2) is 8.42 Å². The second-order valence-electron chi connectivity index (χ2n) is 5.33. The van der Waals surface area contributed by atoms with Crippen LogP contribution in [0.25, 0.3) is 0 Å². The van der Waals surface area contributed by atoms with E-state index in [1.165, 1.54) is 24.3 Å². The van der Waals surface area contributed by atoms with Gasteiger partial charge in [0.25, 0.3) is 5.91 Å². The van der Waals surface area contributed by atoms with Gasteiger partial charge in [0.1, 0.15) is 5.75 Å². The van der Waals surface area contributed by atoms with Crippen LogP contribution in [0.3, 0.4) is 0 Å². The normalized spacial score (nSPS) is 11.1. The van der Waals surface area contributed by atoms with Crippen LogP contribution in [0.5, 0.6) is 5.75 Å². The van der Waals surface area contributed by atoms with Gasteiger partial charge in [-0.2, -0.15) is 0 Å². The van der Waals surface area contributed by atoms with Gasteiger partial charge in [0.2, 0.25) is 0 Å². The van der Waals surface area contributed by atoms with Crippen molar-refractivity contribution in [3.05, 3.63) is 53.6 Å². The second kappa shape index (κ2) is 6.83. The Labute approximate surface area is 136 Å². The molecule has 0 heterocycles. The first kappa shape index (κ1) is 17.0. The fourth-order valence-electron chi connectivity index (χ4n) is 2.00. The third-order valence-corrected chi connectivity index (χ3v) is 4.63. The summed E-state index contributed by atoms with van der Waals surface area (Å²) in [5.74, 6) is 0.166. The average molecular weight is 333 g/mol. The molecule has 0 aliphatic carbocycles. The molecule has 0 saturated carbocycles. The molecular weight excluding hydrogens is 314 g/mol. The smallest absolute Gasteiger partial charge is 0.262 e. The minimum atomic E-state index is -3.24. The predicted molar refractivity (Wildman–Crippen MR) is 89.6 cm³/mol. The number of aryl methyl sites for hydroxylation is 1. The quantitative estimate of drug-likeness (QED) is 0.913. The number of benzene rings is 2. The maximum Gasteiger partial charge on any atom is 0.262 e. The van der Waals surface area contributed by atoms with Gasteiger partial charge >= 0.3 is 0 Å². The lowest BCUT2D eigenvalue weighted by Gasteiger charge is -2.11. The summed E-state index contributed by atoms with van der Waals surface area (Å²) in [4.78, 5) is 12.2. The molecule has 0 spiro atoms. The number of hydrogen-bond acceptors (Lipinski definition) is 4. The molecule has 0 bridgehead atoms. The SMILES string of the molecule is Cc1cccc(NC(=O)COc2ccc(S(C)(=O)=O)cc2)c1C. The van der Waals surface area contributed by atoms with Crippen LogP contribution in [0.4, 0.5) is 5.69 Å². The maximum atomic E-state index is 11.9. The maximum absolute atomic E-state index is 11.9. The average Bonchev–Trinajstić information content (AvgIpc) is 2.49. The lowest BCUT2D eigenvalue weighted by Crippen LogP contribution is -2.20. The van der Waals surface area contributed by atoms with E-state index in [4.69, 9.17) is 4.74 Å². The van der Waals surface area contributed by atoms with Crippen LogP contribution < -0.4 is 10.1 Å². The van der Waals surface area contributed by atoms with Crippen molar-refractivity contribution in [2.24, 2.45) is 0 Å². The van der Waals surface area contributed by atoms with Gasteiger partial charge < -0.3 is 10.1 Å². The highest BCUT2D eigenvalue weighted by Gasteiger charge is 2.09. The summed E-state index contributed by atoms with van der Waals surface area (Å²) < 4.78 is 28.1. The Morgan fingerprint density at radius 3 is 2.35 bits per heavy atom. The van der Waals surface area contributed by atoms with Crippen molar-refractivity contribution < 1.29 is 17.9 Å². The van der Waals surface area contributed by atoms with Crippen LogP contribution in [0, 0.1) is 13.8 Å². The molecule has 1 amide bonds. The molecule has 0 aromatic heterocycles. The molecule has 2 aromatic rings. The number of sulfone groups is 1. The zero-order chi connectivity index (χ0) is 17.0. The summed E-state index contributed by atoms with van der Waals surface area (Å²) in [6.45, 7) is 3.77. The highest BCUT2D eigenvalue weighted by Crippen LogP contribution is 2.18. The van der Waals surface area contributed by atoms with Crippen molar-refractivity contribution in [1.82, 2.24) is 0 Å². The van der Waals surface area contributed by atoms with Crippen molar-refractivity contribution in [2.75, 3.05) is 18.2 Å². The van der Waals surface area contributed by atoms with E-state index >= 15 is 0 Å². The third kappa shape index (κ3) is 4.56. The minimum Gasteiger partial charge on any atom is -0.484 e. The molecule has 0 fully saturated rings. The van der Waals surface area contributed by atoms with Crippen LogP contribution >= 0.6 is 0 Å². The summed E-state index contributed by atoms with van der Waals surface area (Å²) in [5.41, 5.74) is 2.87. The van der Waals surface area contributed by atoms with Gasteiger partial charge in [0.15, 0.2) is 16.4 Å². The number of ether oxygens (including phenoxy) is 1. The van der Waals surface area contributed by atoms with Crippen LogP contribution in [0.1, 0.15) is 11.1 Å². The van der Waals surface area contributed by atoms with E-state index < -0.39 is 9.84 Å². The fourth-order valence-corrected chi connectivity index (χ4v) is 2.64. The molecule has 0 saturated heterocycles. The molecule has 6 heteroatoms. The Bertz CT molecular complexity index is 811. The van der Waals surface area contributed by atoms with Gasteiger partial charge in [-0.1, -0.05) is 12.1 Å². The summed E-state index contributed by atoms with van der Waals surface area (Å²) in [5, 5.41) is 2.80. The zero-order valence-corrected chi connectivity index (χ0v) is 14.1. The van der Waals surface area contributed by atoms with Crippen molar-refractivity contribution >= 4 is 21.4 Å². The Balaban J connectivity index is 1.95. The molecule has 5 nitrogen and oxygen atoms in total. The number of rotatable bonds is 5. The van der Waals surface area contributed by atoms with Gasteiger partial charge in [-0.15, -0.1) is 0 Å². The van der Waals surface area contributed by atoms with E-state index in [0.717, 1.165) is 23.1 Å². The van der Waals surface area contributed by atoms with Gasteiger partial charge in [-0.3, -0.25) is 4.79 Å². The molecule has 23 heavy (non-hydrogen) atoms. The molecule has 0 aliphatic rings. The van der Waals surface area contributed by atoms with Crippen molar-refractivity contribution in [3.8, 4) is 5.75 Å². The number of anilines is 1. The molecular formula is C17H19NO4S. The lowest BCUT2D eigenvalue weighted by molar-refractivity contribution is -0.118. The zero-order valence-electron chi connectivity index (χ0n) is 13.3. The van der Waals surface area contributed by atoms with Gasteiger partial charge in [-0.05, 0) is 55.3 Å². The van der Waals surface area contributed by atoms with Gasteiger partial charge in [0.05, 0.1) is 4.90 Å². The summed E-state index contributed by atoms with van der Waals surface area (Å²) >= 11 is 0. The molecule has 0 aliphatic heterocycles. The fraction of sp³-hybridized carbons (Fsp3) is 0.235. The lowest BCUT2D eigenvalue weighted by atomic mass is 10.1. The largest absolute Gasteiger partial charge is 0.484 e. The first-order valence-corrected chi connectivity index (χ1v) is 8.95. The van der Waals surface area contributed by atoms with Crippen LogP contribution in [-0.4, -0.2) is 27.2 Å². The molecule has 1 N–H and O–H groups in total. The van der Waals surface area contributed by atoms with E-state index in [1.54, 1.807) is 0 Å². The van der Waals surface area contributed by atoms with Crippen molar-refractivity contribution in [3.63, 3.8) is 0 Å². The molecule has 2 aromatic carbocycles. The van der Waals surface area contributed by atoms with Crippen LogP contribution in [0.2, 0.25) is 0 Å². The van der Waals surface area contributed by atoms with E-state index in [-0.39, 0.29) is 17.4 Å². The Morgan fingerprint density at radius 2 is 1.74 bits per heavy atom. The van der Waals surface area contributed by atoms with Crippen molar-refractivity contribution in [1.29, 1.82) is 0 Å². The molecule has 0 radical (unpaired) electrons. The predicted octanol–water partition coefficient (Wildman–Crippen LogP) is 2.72. The number of amides is 1. The van der Waals surface area contributed by atoms with E-state index in [1.807, 2.05) is 32.0 Å². The third-order valence-electron chi connectivity index (χ3n) is 3.50. The number of carbonyl (C=O) groups excluding carboxylic acids is 1. The Kier molecular flexibility index (Phi) is 5.05. The van der Waals surface area contributed by atoms with Crippen LogP contribution in [0.15, 0.2) is 47.4 Å². The number of carbonyl (C=O) groups is 1. The second-order valence-corrected chi connectivity index (χ2v) is 7.34. The molecule has 2 rings (SSSR count). The van der Waals surface area contributed by atoms with Crippen molar-refractivity contribution in [2.45, 2.75) is 18.7 Å². The van der Waals surface area contributed by atoms with Gasteiger partial charge in [0, 0.05) is 11.9 Å². The monoisotopic (exact) mass is 333 g/mol. The molecule has 0 unspecified atom stereocenters. The molecule has 0 atom stereocenters. The highest BCUT2D eigenvalue weighted by molar-refractivity contribution is 7.90. The summed E-state index contributed by atoms with van der Waals surface area (Å²) in [6.07, 6.45) is 1.14. The minimum absolute atomic E-state index is 0.147. The summed E-state index contributed by atoms with van der Waals surface area (Å²) in [7, 11) is -3.24. The Hall–Kier alpha value is -2.34. The van der Waals surface area contributed by atoms with E-state index in [2.05, 4.69) is 5.32 Å². The Morgan fingerprint density at radius 1 is 1.09 bits per heavy atom.